The van der Waals surface area contributed by atoms with Gasteiger partial charge in [-0.2, -0.15) is 0 Å². The topological polar surface area (TPSA) is 90.2 Å². The Balaban J connectivity index is 0. The van der Waals surface area contributed by atoms with Gasteiger partial charge in [-0.15, -0.1) is 0 Å². The van der Waals surface area contributed by atoms with Crippen LogP contribution in [0.1, 0.15) is 155 Å². The van der Waals surface area contributed by atoms with Crippen LogP contribution in [0.2, 0.25) is 0 Å². The second-order valence-corrected chi connectivity index (χ2v) is 9.43. The molecule has 202 valence electrons. The van der Waals surface area contributed by atoms with Crippen molar-refractivity contribution in [3.8, 4) is 0 Å². The van der Waals surface area contributed by atoms with E-state index in [1.165, 1.54) is 89.9 Å². The third-order valence-electron chi connectivity index (χ3n) is 5.99. The summed E-state index contributed by atoms with van der Waals surface area (Å²) in [5.74, 6) is 0. The lowest BCUT2D eigenvalue weighted by molar-refractivity contribution is -0.212. The van der Waals surface area contributed by atoms with Gasteiger partial charge in [0.25, 0.3) is 0 Å². The summed E-state index contributed by atoms with van der Waals surface area (Å²) in [6.45, 7) is 4.89. The summed E-state index contributed by atoms with van der Waals surface area (Å²) >= 11 is 0. The Morgan fingerprint density at radius 1 is 0.424 bits per heavy atom. The summed E-state index contributed by atoms with van der Waals surface area (Å²) in [6, 6.07) is 0. The first-order valence-electron chi connectivity index (χ1n) is 14.4. The smallest absolute Gasteiger partial charge is 0.157 e. The molecule has 0 rings (SSSR count). The number of unbranched alkanes of at least 4 members (excludes halogenated alkanes) is 17. The lowest BCUT2D eigenvalue weighted by Crippen LogP contribution is -2.21. The molecule has 5 heteroatoms. The molecule has 0 aliphatic carbocycles. The Morgan fingerprint density at radius 3 is 0.970 bits per heavy atom. The molecule has 0 radical (unpaired) electrons. The van der Waals surface area contributed by atoms with E-state index in [1.54, 1.807) is 0 Å². The second-order valence-electron chi connectivity index (χ2n) is 9.43. The van der Waals surface area contributed by atoms with Crippen molar-refractivity contribution in [3.63, 3.8) is 0 Å². The van der Waals surface area contributed by atoms with Crippen molar-refractivity contribution in [2.75, 3.05) is 13.2 Å². The molecule has 0 aromatic carbocycles. The van der Waals surface area contributed by atoms with Gasteiger partial charge in [-0.05, 0) is 38.5 Å². The fraction of sp³-hybridized carbons (Fsp3) is 1.00. The van der Waals surface area contributed by atoms with Crippen LogP contribution in [0.25, 0.3) is 0 Å². The number of hydrogen-bond donors (Lipinski definition) is 4. The van der Waals surface area contributed by atoms with E-state index in [1.807, 2.05) is 0 Å². The summed E-state index contributed by atoms with van der Waals surface area (Å²) in [4.78, 5) is 0. The quantitative estimate of drug-likeness (QED) is 0.0824. The molecule has 0 saturated heterocycles. The first-order valence-corrected chi connectivity index (χ1v) is 14.4. The predicted molar refractivity (Wildman–Crippen MR) is 140 cm³/mol. The maximum atomic E-state index is 9.88. The lowest BCUT2D eigenvalue weighted by atomic mass is 10.1. The van der Waals surface area contributed by atoms with Crippen LogP contribution < -0.4 is 0 Å². The summed E-state index contributed by atoms with van der Waals surface area (Å²) in [7, 11) is 0. The van der Waals surface area contributed by atoms with Crippen LogP contribution in [0.5, 0.6) is 0 Å². The van der Waals surface area contributed by atoms with Gasteiger partial charge in [-0.3, -0.25) is 0 Å². The van der Waals surface area contributed by atoms with Crippen LogP contribution in [0.3, 0.4) is 0 Å². The van der Waals surface area contributed by atoms with E-state index in [9.17, 15) is 10.2 Å². The number of hydrogen-bond acceptors (Lipinski definition) is 5. The Morgan fingerprint density at radius 2 is 0.697 bits per heavy atom. The molecule has 5 nitrogen and oxygen atoms in total. The number of aliphatic hydroxyl groups is 4. The van der Waals surface area contributed by atoms with E-state index in [-0.39, 0.29) is 13.2 Å². The molecule has 0 aromatic rings. The van der Waals surface area contributed by atoms with Crippen molar-refractivity contribution in [2.24, 2.45) is 0 Å². The van der Waals surface area contributed by atoms with Gasteiger partial charge in [0, 0.05) is 13.2 Å². The van der Waals surface area contributed by atoms with Crippen LogP contribution in [-0.4, -0.2) is 46.2 Å². The fourth-order valence-corrected chi connectivity index (χ4v) is 3.80. The lowest BCUT2D eigenvalue weighted by Gasteiger charge is -2.17. The van der Waals surface area contributed by atoms with Gasteiger partial charge in [0.1, 0.15) is 0 Å². The third kappa shape index (κ3) is 34.0. The largest absolute Gasteiger partial charge is 0.396 e. The first kappa shape index (κ1) is 35.0. The van der Waals surface area contributed by atoms with Crippen LogP contribution in [0.4, 0.5) is 0 Å². The Labute approximate surface area is 206 Å². The minimum atomic E-state index is -0.803. The first-order chi connectivity index (χ1) is 16.1. The monoisotopic (exact) mass is 476 g/mol. The maximum Gasteiger partial charge on any atom is 0.157 e. The molecule has 0 aliphatic rings. The van der Waals surface area contributed by atoms with Crippen LogP contribution >= 0.6 is 0 Å². The molecule has 0 saturated carbocycles. The van der Waals surface area contributed by atoms with E-state index < -0.39 is 12.6 Å². The predicted octanol–water partition coefficient (Wildman–Crippen LogP) is 7.23. The third-order valence-corrected chi connectivity index (χ3v) is 5.99. The number of aliphatic hydroxyl groups excluding tert-OH is 4. The molecule has 0 spiro atoms. The fourth-order valence-electron chi connectivity index (χ4n) is 3.80. The Kier molecular flexibility index (Phi) is 33.7. The molecule has 0 aliphatic heterocycles. The highest BCUT2D eigenvalue weighted by Crippen LogP contribution is 2.15. The summed E-state index contributed by atoms with van der Waals surface area (Å²) in [5, 5.41) is 35.9. The van der Waals surface area contributed by atoms with Crippen molar-refractivity contribution in [1.29, 1.82) is 0 Å². The Bertz CT molecular complexity index is 297. The second kappa shape index (κ2) is 31.8. The summed E-state index contributed by atoms with van der Waals surface area (Å²) < 4.78 is 5.31. The van der Waals surface area contributed by atoms with Crippen molar-refractivity contribution in [3.05, 3.63) is 0 Å². The minimum absolute atomic E-state index is 0.195. The molecule has 2 atom stereocenters. The molecule has 0 amide bonds. The van der Waals surface area contributed by atoms with Crippen molar-refractivity contribution >= 4 is 0 Å². The van der Waals surface area contributed by atoms with Crippen LogP contribution in [0.15, 0.2) is 0 Å². The van der Waals surface area contributed by atoms with Gasteiger partial charge in [-0.25, -0.2) is 0 Å². The standard InChI is InChI=1S/C24H50O3.C4H10O2/c1-3-5-7-9-11-13-15-17-19-21-23(25)27-24(26)22-20-18-16-14-12-10-8-6-4-2;5-3-1-2-4-6/h23-26H,3-22H2,1-2H3;5-6H,1-4H2. The van der Waals surface area contributed by atoms with Crippen LogP contribution in [0, 0.1) is 0 Å². The average Bonchev–Trinajstić information content (AvgIpc) is 2.81. The zero-order valence-corrected chi connectivity index (χ0v) is 22.3. The highest BCUT2D eigenvalue weighted by atomic mass is 16.7. The highest BCUT2D eigenvalue weighted by molar-refractivity contribution is 4.52. The summed E-state index contributed by atoms with van der Waals surface area (Å²) in [6.07, 6.45) is 24.0. The molecule has 4 N–H and O–H groups in total. The van der Waals surface area contributed by atoms with Gasteiger partial charge in [0.2, 0.25) is 0 Å². The maximum absolute atomic E-state index is 9.88. The van der Waals surface area contributed by atoms with E-state index in [4.69, 9.17) is 14.9 Å². The molecule has 2 unspecified atom stereocenters. The molecule has 33 heavy (non-hydrogen) atoms. The molecular weight excluding hydrogens is 416 g/mol. The molecular formula is C28H60O5. The van der Waals surface area contributed by atoms with Gasteiger partial charge >= 0.3 is 0 Å². The molecule has 0 aromatic heterocycles. The number of rotatable bonds is 25. The molecule has 0 heterocycles. The molecule has 0 bridgehead atoms. The van der Waals surface area contributed by atoms with Gasteiger partial charge in [0.05, 0.1) is 0 Å². The average molecular weight is 477 g/mol. The highest BCUT2D eigenvalue weighted by Gasteiger charge is 2.11. The number of ether oxygens (including phenoxy) is 1. The van der Waals surface area contributed by atoms with Gasteiger partial charge < -0.3 is 25.2 Å². The molecule has 0 fully saturated rings. The van der Waals surface area contributed by atoms with Gasteiger partial charge in [-0.1, -0.05) is 117 Å². The van der Waals surface area contributed by atoms with E-state index in [2.05, 4.69) is 13.8 Å². The van der Waals surface area contributed by atoms with Crippen LogP contribution in [-0.2, 0) is 4.74 Å². The summed E-state index contributed by atoms with van der Waals surface area (Å²) in [5.41, 5.74) is 0. The Hall–Kier alpha value is -0.200. The van der Waals surface area contributed by atoms with Crippen molar-refractivity contribution < 1.29 is 25.2 Å². The SMILES string of the molecule is CCCCCCCCCCCC(O)OC(O)CCCCCCCCCCC.OCCCCO. The van der Waals surface area contributed by atoms with Crippen molar-refractivity contribution in [1.82, 2.24) is 0 Å². The van der Waals surface area contributed by atoms with E-state index >= 15 is 0 Å². The zero-order valence-electron chi connectivity index (χ0n) is 22.3. The van der Waals surface area contributed by atoms with Crippen molar-refractivity contribution in [2.45, 2.75) is 168 Å². The minimum Gasteiger partial charge on any atom is -0.396 e. The normalized spacial score (nSPS) is 12.9. The van der Waals surface area contributed by atoms with E-state index in [0.29, 0.717) is 12.8 Å². The van der Waals surface area contributed by atoms with Gasteiger partial charge in [0.15, 0.2) is 12.6 Å². The van der Waals surface area contributed by atoms with E-state index in [0.717, 1.165) is 38.5 Å². The zero-order chi connectivity index (χ0) is 24.8.